The van der Waals surface area contributed by atoms with E-state index in [1.807, 2.05) is 12.1 Å². The quantitative estimate of drug-likeness (QED) is 0.222. The molecule has 1 aromatic carbocycles. The standard InChI is InChI=1S/C25H42O2/c1-4-6-8-10-11-13-17-23(16-12-9-7-5-2)21-27-25(26)20-24-18-14-15-22(3)19-24/h14-15,18-19,23H,4-13,16-17,20-21H2,1-3H3. The summed E-state index contributed by atoms with van der Waals surface area (Å²) in [6.07, 6.45) is 15.9. The Morgan fingerprint density at radius 2 is 1.48 bits per heavy atom. The maximum absolute atomic E-state index is 12.2. The van der Waals surface area contributed by atoms with Crippen molar-refractivity contribution in [2.45, 2.75) is 104 Å². The third kappa shape index (κ3) is 12.7. The molecule has 0 aliphatic heterocycles. The fraction of sp³-hybridized carbons (Fsp3) is 0.720. The summed E-state index contributed by atoms with van der Waals surface area (Å²) >= 11 is 0. The van der Waals surface area contributed by atoms with Gasteiger partial charge in [0.15, 0.2) is 0 Å². The molecule has 0 heterocycles. The molecular weight excluding hydrogens is 332 g/mol. The van der Waals surface area contributed by atoms with Gasteiger partial charge >= 0.3 is 5.97 Å². The highest BCUT2D eigenvalue weighted by Gasteiger charge is 2.13. The first kappa shape index (κ1) is 23.7. The van der Waals surface area contributed by atoms with E-state index in [0.717, 1.165) is 5.56 Å². The Morgan fingerprint density at radius 3 is 2.11 bits per heavy atom. The van der Waals surface area contributed by atoms with E-state index in [9.17, 15) is 4.79 Å². The molecule has 1 atom stereocenters. The third-order valence-electron chi connectivity index (χ3n) is 5.34. The molecule has 0 N–H and O–H groups in total. The Hall–Kier alpha value is -1.31. The number of rotatable bonds is 16. The summed E-state index contributed by atoms with van der Waals surface area (Å²) in [6.45, 7) is 7.17. The van der Waals surface area contributed by atoms with Crippen molar-refractivity contribution in [2.75, 3.05) is 6.61 Å². The summed E-state index contributed by atoms with van der Waals surface area (Å²) < 4.78 is 5.66. The minimum Gasteiger partial charge on any atom is -0.465 e. The molecule has 1 rings (SSSR count). The molecule has 0 bridgehead atoms. The average Bonchev–Trinajstić information content (AvgIpc) is 2.65. The average molecular weight is 375 g/mol. The minimum atomic E-state index is -0.0814. The SMILES string of the molecule is CCCCCCCCC(CCCCCC)COC(=O)Cc1cccc(C)c1. The molecule has 2 heteroatoms. The number of carbonyl (C=O) groups is 1. The van der Waals surface area contributed by atoms with E-state index >= 15 is 0 Å². The monoisotopic (exact) mass is 374 g/mol. The minimum absolute atomic E-state index is 0.0814. The summed E-state index contributed by atoms with van der Waals surface area (Å²) in [5.41, 5.74) is 2.24. The van der Waals surface area contributed by atoms with E-state index in [0.29, 0.717) is 18.9 Å². The predicted octanol–water partition coefficient (Wildman–Crippen LogP) is 7.42. The van der Waals surface area contributed by atoms with Crippen LogP contribution in [0.15, 0.2) is 24.3 Å². The summed E-state index contributed by atoms with van der Waals surface area (Å²) in [6, 6.07) is 8.14. The number of aryl methyl sites for hydroxylation is 1. The van der Waals surface area contributed by atoms with Crippen LogP contribution in [0.25, 0.3) is 0 Å². The maximum Gasteiger partial charge on any atom is 0.310 e. The Kier molecular flexibility index (Phi) is 13.8. The van der Waals surface area contributed by atoms with Crippen LogP contribution in [0.1, 0.15) is 102 Å². The molecule has 1 aromatic rings. The fourth-order valence-corrected chi connectivity index (χ4v) is 3.63. The van der Waals surface area contributed by atoms with Crippen molar-refractivity contribution in [1.29, 1.82) is 0 Å². The molecule has 0 fully saturated rings. The number of esters is 1. The molecule has 0 aromatic heterocycles. The van der Waals surface area contributed by atoms with Crippen LogP contribution in [0.4, 0.5) is 0 Å². The van der Waals surface area contributed by atoms with Gasteiger partial charge in [0.05, 0.1) is 13.0 Å². The molecule has 1 unspecified atom stereocenters. The van der Waals surface area contributed by atoms with Gasteiger partial charge in [0.25, 0.3) is 0 Å². The molecule has 0 aliphatic carbocycles. The van der Waals surface area contributed by atoms with Crippen LogP contribution in [0.2, 0.25) is 0 Å². The van der Waals surface area contributed by atoms with Crippen molar-refractivity contribution in [1.82, 2.24) is 0 Å². The van der Waals surface area contributed by atoms with Crippen LogP contribution in [-0.2, 0) is 16.0 Å². The predicted molar refractivity (Wildman–Crippen MR) is 116 cm³/mol. The van der Waals surface area contributed by atoms with Crippen molar-refractivity contribution in [3.8, 4) is 0 Å². The highest BCUT2D eigenvalue weighted by atomic mass is 16.5. The molecule has 0 saturated heterocycles. The third-order valence-corrected chi connectivity index (χ3v) is 5.34. The first-order valence-electron chi connectivity index (χ1n) is 11.4. The first-order valence-corrected chi connectivity index (χ1v) is 11.4. The van der Waals surface area contributed by atoms with Gasteiger partial charge in [-0.1, -0.05) is 108 Å². The second-order valence-electron chi connectivity index (χ2n) is 8.12. The van der Waals surface area contributed by atoms with Crippen LogP contribution in [0.5, 0.6) is 0 Å². The van der Waals surface area contributed by atoms with E-state index in [1.54, 1.807) is 0 Å². The molecule has 0 radical (unpaired) electrons. The second-order valence-corrected chi connectivity index (χ2v) is 8.12. The van der Waals surface area contributed by atoms with Gasteiger partial charge in [-0.15, -0.1) is 0 Å². The lowest BCUT2D eigenvalue weighted by Crippen LogP contribution is -2.16. The van der Waals surface area contributed by atoms with Gasteiger partial charge in [-0.05, 0) is 31.2 Å². The lowest BCUT2D eigenvalue weighted by atomic mass is 9.95. The highest BCUT2D eigenvalue weighted by molar-refractivity contribution is 5.72. The van der Waals surface area contributed by atoms with Crippen molar-refractivity contribution in [2.24, 2.45) is 5.92 Å². The van der Waals surface area contributed by atoms with Gasteiger partial charge in [0, 0.05) is 0 Å². The summed E-state index contributed by atoms with van der Waals surface area (Å²) in [4.78, 5) is 12.2. The lowest BCUT2D eigenvalue weighted by molar-refractivity contribution is -0.144. The molecular formula is C25H42O2. The second kappa shape index (κ2) is 15.7. The molecule has 0 saturated carbocycles. The highest BCUT2D eigenvalue weighted by Crippen LogP contribution is 2.19. The van der Waals surface area contributed by atoms with E-state index in [4.69, 9.17) is 4.74 Å². The number of benzene rings is 1. The summed E-state index contributed by atoms with van der Waals surface area (Å²) in [5, 5.41) is 0. The van der Waals surface area contributed by atoms with Gasteiger partial charge in [-0.3, -0.25) is 4.79 Å². The van der Waals surface area contributed by atoms with Gasteiger partial charge in [-0.2, -0.15) is 0 Å². The van der Waals surface area contributed by atoms with Crippen LogP contribution in [-0.4, -0.2) is 12.6 Å². The number of ether oxygens (including phenoxy) is 1. The van der Waals surface area contributed by atoms with E-state index < -0.39 is 0 Å². The molecule has 27 heavy (non-hydrogen) atoms. The van der Waals surface area contributed by atoms with Gasteiger partial charge in [0.2, 0.25) is 0 Å². The maximum atomic E-state index is 12.2. The van der Waals surface area contributed by atoms with Crippen LogP contribution in [0, 0.1) is 12.8 Å². The Morgan fingerprint density at radius 1 is 0.889 bits per heavy atom. The zero-order valence-electron chi connectivity index (χ0n) is 18.1. The number of unbranched alkanes of at least 4 members (excludes halogenated alkanes) is 8. The Labute approximate surface area is 168 Å². The van der Waals surface area contributed by atoms with Gasteiger partial charge in [-0.25, -0.2) is 0 Å². The normalized spacial score (nSPS) is 12.1. The van der Waals surface area contributed by atoms with Gasteiger partial charge in [0.1, 0.15) is 0 Å². The molecule has 0 aliphatic rings. The van der Waals surface area contributed by atoms with Crippen molar-refractivity contribution in [3.05, 3.63) is 35.4 Å². The van der Waals surface area contributed by atoms with E-state index in [2.05, 4.69) is 32.9 Å². The van der Waals surface area contributed by atoms with Crippen LogP contribution >= 0.6 is 0 Å². The molecule has 2 nitrogen and oxygen atoms in total. The van der Waals surface area contributed by atoms with Crippen LogP contribution < -0.4 is 0 Å². The number of hydrogen-bond donors (Lipinski definition) is 0. The zero-order valence-corrected chi connectivity index (χ0v) is 18.1. The molecule has 0 spiro atoms. The summed E-state index contributed by atoms with van der Waals surface area (Å²) in [5.74, 6) is 0.455. The van der Waals surface area contributed by atoms with E-state index in [1.165, 1.54) is 82.6 Å². The van der Waals surface area contributed by atoms with Crippen molar-refractivity contribution in [3.63, 3.8) is 0 Å². The number of hydrogen-bond acceptors (Lipinski definition) is 2. The fourth-order valence-electron chi connectivity index (χ4n) is 3.63. The lowest BCUT2D eigenvalue weighted by Gasteiger charge is -2.17. The van der Waals surface area contributed by atoms with Crippen molar-refractivity contribution < 1.29 is 9.53 Å². The Bertz CT molecular complexity index is 495. The first-order chi connectivity index (χ1) is 13.2. The smallest absolute Gasteiger partial charge is 0.310 e. The van der Waals surface area contributed by atoms with Crippen molar-refractivity contribution >= 4 is 5.97 Å². The molecule has 154 valence electrons. The number of carbonyl (C=O) groups excluding carboxylic acids is 1. The van der Waals surface area contributed by atoms with E-state index in [-0.39, 0.29) is 5.97 Å². The zero-order chi connectivity index (χ0) is 19.7. The Balaban J connectivity index is 2.33. The molecule has 0 amide bonds. The van der Waals surface area contributed by atoms with Gasteiger partial charge < -0.3 is 4.74 Å². The summed E-state index contributed by atoms with van der Waals surface area (Å²) in [7, 11) is 0. The largest absolute Gasteiger partial charge is 0.465 e. The van der Waals surface area contributed by atoms with Crippen LogP contribution in [0.3, 0.4) is 0 Å². The topological polar surface area (TPSA) is 26.3 Å².